The van der Waals surface area contributed by atoms with Crippen LogP contribution in [0.5, 0.6) is 0 Å². The highest BCUT2D eigenvalue weighted by molar-refractivity contribution is 7.89. The van der Waals surface area contributed by atoms with E-state index < -0.39 is 10.0 Å². The quantitative estimate of drug-likeness (QED) is 0.794. The summed E-state index contributed by atoms with van der Waals surface area (Å²) in [7, 11) is -3.14. The molecule has 0 spiro atoms. The predicted octanol–water partition coefficient (Wildman–Crippen LogP) is 2.65. The van der Waals surface area contributed by atoms with Gasteiger partial charge in [0.25, 0.3) is 0 Å². The number of carbonyl (C=O) groups is 1. The number of rotatable bonds is 6. The van der Waals surface area contributed by atoms with Crippen molar-refractivity contribution < 1.29 is 13.2 Å². The topological polar surface area (TPSA) is 82.3 Å². The Hall–Kier alpha value is -1.86. The summed E-state index contributed by atoms with van der Waals surface area (Å²) in [5.74, 6) is 0.193. The Bertz CT molecular complexity index is 925. The van der Waals surface area contributed by atoms with E-state index in [0.29, 0.717) is 38.8 Å². The van der Waals surface area contributed by atoms with Crippen molar-refractivity contribution in [2.75, 3.05) is 18.8 Å². The van der Waals surface area contributed by atoms with Gasteiger partial charge < -0.3 is 10.3 Å². The second-order valence-electron chi connectivity index (χ2n) is 7.51. The molecule has 3 rings (SSSR count). The average molecular weight is 392 g/mol. The van der Waals surface area contributed by atoms with Crippen LogP contribution in [-0.2, 0) is 21.2 Å². The Morgan fingerprint density at radius 2 is 1.96 bits per heavy atom. The highest BCUT2D eigenvalue weighted by atomic mass is 32.2. The number of nitrogens with one attached hydrogen (secondary N) is 2. The molecule has 1 aromatic carbocycles. The molecule has 0 saturated carbocycles. The van der Waals surface area contributed by atoms with Crippen molar-refractivity contribution in [3.8, 4) is 0 Å². The van der Waals surface area contributed by atoms with Gasteiger partial charge in [-0.05, 0) is 50.8 Å². The Balaban J connectivity index is 1.60. The predicted molar refractivity (Wildman–Crippen MR) is 108 cm³/mol. The number of aromatic nitrogens is 1. The number of benzene rings is 1. The van der Waals surface area contributed by atoms with E-state index in [1.807, 2.05) is 26.8 Å². The minimum Gasteiger partial charge on any atom is -0.358 e. The van der Waals surface area contributed by atoms with E-state index in [0.717, 1.165) is 22.2 Å². The van der Waals surface area contributed by atoms with Gasteiger partial charge in [0.05, 0.1) is 12.2 Å². The number of hydrogen-bond acceptors (Lipinski definition) is 3. The molecule has 148 valence electrons. The Kier molecular flexibility index (Phi) is 5.91. The highest BCUT2D eigenvalue weighted by Crippen LogP contribution is 2.24. The van der Waals surface area contributed by atoms with Crippen molar-refractivity contribution in [3.63, 3.8) is 0 Å². The molecule has 2 N–H and O–H groups in total. The fraction of sp³-hybridized carbons (Fsp3) is 0.550. The van der Waals surface area contributed by atoms with Crippen LogP contribution in [0.25, 0.3) is 10.9 Å². The van der Waals surface area contributed by atoms with Crippen LogP contribution in [0.3, 0.4) is 0 Å². The first-order valence-electron chi connectivity index (χ1n) is 9.65. The third kappa shape index (κ3) is 4.52. The molecule has 0 radical (unpaired) electrons. The second kappa shape index (κ2) is 8.02. The molecule has 1 aliphatic rings. The van der Waals surface area contributed by atoms with Crippen molar-refractivity contribution in [1.82, 2.24) is 14.6 Å². The molecule has 1 amide bonds. The van der Waals surface area contributed by atoms with Gasteiger partial charge in [0.1, 0.15) is 0 Å². The number of fused-ring (bicyclic) bond motifs is 1. The minimum absolute atomic E-state index is 0.00429. The summed E-state index contributed by atoms with van der Waals surface area (Å²) in [6.45, 7) is 6.89. The van der Waals surface area contributed by atoms with Crippen LogP contribution in [0.1, 0.15) is 43.0 Å². The molecule has 1 aliphatic heterocycles. The fourth-order valence-electron chi connectivity index (χ4n) is 3.83. The summed E-state index contributed by atoms with van der Waals surface area (Å²) >= 11 is 0. The van der Waals surface area contributed by atoms with Gasteiger partial charge in [-0.3, -0.25) is 4.79 Å². The summed E-state index contributed by atoms with van der Waals surface area (Å²) in [5, 5.41) is 4.19. The van der Waals surface area contributed by atoms with Crippen molar-refractivity contribution in [2.45, 2.75) is 52.5 Å². The number of nitrogens with zero attached hydrogens (tertiary/aromatic N) is 1. The molecule has 0 aliphatic carbocycles. The first kappa shape index (κ1) is 19.9. The summed E-state index contributed by atoms with van der Waals surface area (Å²) in [6.07, 6.45) is 2.30. The third-order valence-electron chi connectivity index (χ3n) is 5.29. The lowest BCUT2D eigenvalue weighted by Gasteiger charge is -2.31. The van der Waals surface area contributed by atoms with Crippen LogP contribution < -0.4 is 5.32 Å². The largest absolute Gasteiger partial charge is 0.358 e. The standard InChI is InChI=1S/C20H29N3O3S/c1-4-11-27(25,26)23-9-7-16(8-10-23)22-20(24)13-17-15(3)21-19-6-5-14(2)12-18(17)19/h5-6,12,16,21H,4,7-11,13H2,1-3H3,(H,22,24). The molecule has 27 heavy (non-hydrogen) atoms. The highest BCUT2D eigenvalue weighted by Gasteiger charge is 2.28. The number of carbonyl (C=O) groups excluding carboxylic acids is 1. The van der Waals surface area contributed by atoms with Gasteiger partial charge in [-0.25, -0.2) is 12.7 Å². The van der Waals surface area contributed by atoms with Gasteiger partial charge in [-0.2, -0.15) is 0 Å². The number of aromatic amines is 1. The number of aryl methyl sites for hydroxylation is 2. The van der Waals surface area contributed by atoms with Crippen molar-refractivity contribution in [3.05, 3.63) is 35.0 Å². The molecular formula is C20H29N3O3S. The summed E-state index contributed by atoms with van der Waals surface area (Å²) in [5.41, 5.74) is 4.28. The molecule has 1 fully saturated rings. The molecule has 1 saturated heterocycles. The van der Waals surface area contributed by atoms with Gasteiger partial charge in [-0.1, -0.05) is 18.6 Å². The van der Waals surface area contributed by atoms with E-state index >= 15 is 0 Å². The van der Waals surface area contributed by atoms with Crippen molar-refractivity contribution >= 4 is 26.8 Å². The first-order valence-corrected chi connectivity index (χ1v) is 11.3. The number of piperidine rings is 1. The van der Waals surface area contributed by atoms with Gasteiger partial charge in [0.2, 0.25) is 15.9 Å². The van der Waals surface area contributed by atoms with Gasteiger partial charge in [0.15, 0.2) is 0 Å². The number of amides is 1. The molecule has 7 heteroatoms. The Labute approximate surface area is 161 Å². The Morgan fingerprint density at radius 1 is 1.26 bits per heavy atom. The lowest BCUT2D eigenvalue weighted by Crippen LogP contribution is -2.47. The number of H-pyrrole nitrogens is 1. The zero-order chi connectivity index (χ0) is 19.6. The molecule has 2 heterocycles. The SMILES string of the molecule is CCCS(=O)(=O)N1CCC(NC(=O)Cc2c(C)[nH]c3ccc(C)cc23)CC1. The van der Waals surface area contributed by atoms with Crippen LogP contribution in [0, 0.1) is 13.8 Å². The van der Waals surface area contributed by atoms with Crippen LogP contribution >= 0.6 is 0 Å². The van der Waals surface area contributed by atoms with E-state index in [4.69, 9.17) is 0 Å². The molecular weight excluding hydrogens is 362 g/mol. The molecule has 0 atom stereocenters. The lowest BCUT2D eigenvalue weighted by molar-refractivity contribution is -0.121. The van der Waals surface area contributed by atoms with Crippen LogP contribution in [-0.4, -0.2) is 48.5 Å². The fourth-order valence-corrected chi connectivity index (χ4v) is 5.37. The summed E-state index contributed by atoms with van der Waals surface area (Å²) in [4.78, 5) is 15.9. The van der Waals surface area contributed by atoms with E-state index in [1.54, 1.807) is 4.31 Å². The maximum Gasteiger partial charge on any atom is 0.224 e. The van der Waals surface area contributed by atoms with Gasteiger partial charge >= 0.3 is 0 Å². The maximum atomic E-state index is 12.6. The van der Waals surface area contributed by atoms with E-state index in [-0.39, 0.29) is 17.7 Å². The molecule has 0 unspecified atom stereocenters. The van der Waals surface area contributed by atoms with Crippen molar-refractivity contribution in [2.24, 2.45) is 0 Å². The van der Waals surface area contributed by atoms with Crippen LogP contribution in [0.4, 0.5) is 0 Å². The monoisotopic (exact) mass is 391 g/mol. The molecule has 1 aromatic heterocycles. The number of hydrogen-bond donors (Lipinski definition) is 2. The zero-order valence-electron chi connectivity index (χ0n) is 16.3. The third-order valence-corrected chi connectivity index (χ3v) is 7.36. The Morgan fingerprint density at radius 3 is 2.63 bits per heavy atom. The minimum atomic E-state index is -3.14. The van der Waals surface area contributed by atoms with E-state index in [2.05, 4.69) is 22.4 Å². The summed E-state index contributed by atoms with van der Waals surface area (Å²) in [6, 6.07) is 6.25. The smallest absolute Gasteiger partial charge is 0.224 e. The van der Waals surface area contributed by atoms with E-state index in [1.165, 1.54) is 5.56 Å². The molecule has 0 bridgehead atoms. The van der Waals surface area contributed by atoms with Crippen LogP contribution in [0.2, 0.25) is 0 Å². The van der Waals surface area contributed by atoms with E-state index in [9.17, 15) is 13.2 Å². The normalized spacial score (nSPS) is 16.7. The number of sulfonamides is 1. The second-order valence-corrected chi connectivity index (χ2v) is 9.60. The molecule has 2 aromatic rings. The van der Waals surface area contributed by atoms with Gasteiger partial charge in [-0.15, -0.1) is 0 Å². The first-order chi connectivity index (χ1) is 12.8. The van der Waals surface area contributed by atoms with Gasteiger partial charge in [0, 0.05) is 35.7 Å². The molecule has 6 nitrogen and oxygen atoms in total. The average Bonchev–Trinajstić information content (AvgIpc) is 2.90. The summed E-state index contributed by atoms with van der Waals surface area (Å²) < 4.78 is 25.9. The lowest BCUT2D eigenvalue weighted by atomic mass is 10.0. The van der Waals surface area contributed by atoms with Crippen molar-refractivity contribution in [1.29, 1.82) is 0 Å². The zero-order valence-corrected chi connectivity index (χ0v) is 17.2. The maximum absolute atomic E-state index is 12.6. The van der Waals surface area contributed by atoms with Crippen LogP contribution in [0.15, 0.2) is 18.2 Å².